The molecule has 0 saturated carbocycles. The molecular formula is C12H10N4. The van der Waals surface area contributed by atoms with Crippen LogP contribution in [0.2, 0.25) is 0 Å². The predicted octanol–water partition coefficient (Wildman–Crippen LogP) is 2.46. The minimum absolute atomic E-state index is 0.849. The minimum atomic E-state index is 0.849. The van der Waals surface area contributed by atoms with E-state index in [1.165, 1.54) is 0 Å². The number of aromatic amines is 2. The fraction of sp³-hybridized carbons (Fsp3) is 0. The van der Waals surface area contributed by atoms with Crippen LogP contribution in [0, 0.1) is 0 Å². The summed E-state index contributed by atoms with van der Waals surface area (Å²) in [5, 5.41) is 6.63. The maximum atomic E-state index is 4.44. The molecule has 0 aliphatic rings. The van der Waals surface area contributed by atoms with Crippen molar-refractivity contribution >= 4 is 23.2 Å². The van der Waals surface area contributed by atoms with E-state index >= 15 is 0 Å². The van der Waals surface area contributed by atoms with E-state index in [4.69, 9.17) is 0 Å². The number of hydrogen-bond acceptors (Lipinski definition) is 2. The van der Waals surface area contributed by atoms with Crippen molar-refractivity contribution in [3.05, 3.63) is 48.0 Å². The van der Waals surface area contributed by atoms with Crippen molar-refractivity contribution in [2.75, 3.05) is 0 Å². The number of imidazole rings is 1. The quantitative estimate of drug-likeness (QED) is 0.682. The van der Waals surface area contributed by atoms with Crippen LogP contribution in [0.15, 0.2) is 36.7 Å². The van der Waals surface area contributed by atoms with Crippen LogP contribution < -0.4 is 0 Å². The van der Waals surface area contributed by atoms with E-state index in [0.29, 0.717) is 0 Å². The first-order chi connectivity index (χ1) is 7.92. The summed E-state index contributed by atoms with van der Waals surface area (Å²) in [5.41, 5.74) is 3.06. The van der Waals surface area contributed by atoms with Gasteiger partial charge < -0.3 is 4.98 Å². The first-order valence-corrected chi connectivity index (χ1v) is 5.03. The number of benzene rings is 1. The molecule has 0 bridgehead atoms. The van der Waals surface area contributed by atoms with Gasteiger partial charge in [0.05, 0.1) is 17.2 Å². The Morgan fingerprint density at radius 2 is 2.06 bits per heavy atom. The first kappa shape index (κ1) is 8.91. The van der Waals surface area contributed by atoms with Gasteiger partial charge in [-0.25, -0.2) is 4.98 Å². The molecule has 0 aliphatic carbocycles. The molecule has 2 aromatic heterocycles. The lowest BCUT2D eigenvalue weighted by Gasteiger charge is -1.82. The molecule has 0 atom stereocenters. The van der Waals surface area contributed by atoms with Crippen LogP contribution >= 0.6 is 0 Å². The third-order valence-electron chi connectivity index (χ3n) is 2.36. The van der Waals surface area contributed by atoms with E-state index in [1.54, 1.807) is 6.20 Å². The summed E-state index contributed by atoms with van der Waals surface area (Å²) < 4.78 is 0. The SMILES string of the molecule is C(=C\c1nc2ccccc2[nH]1)/c1cn[nH]c1. The third-order valence-corrected chi connectivity index (χ3v) is 2.36. The summed E-state index contributed by atoms with van der Waals surface area (Å²) >= 11 is 0. The average molecular weight is 210 g/mol. The second kappa shape index (κ2) is 3.66. The van der Waals surface area contributed by atoms with Crippen LogP contribution in [0.5, 0.6) is 0 Å². The maximum absolute atomic E-state index is 4.44. The normalized spacial score (nSPS) is 11.5. The van der Waals surface area contributed by atoms with E-state index in [1.807, 2.05) is 42.6 Å². The average Bonchev–Trinajstić information content (AvgIpc) is 2.95. The third kappa shape index (κ3) is 1.61. The minimum Gasteiger partial charge on any atom is -0.338 e. The summed E-state index contributed by atoms with van der Waals surface area (Å²) in [4.78, 5) is 7.67. The molecule has 0 unspecified atom stereocenters. The summed E-state index contributed by atoms with van der Waals surface area (Å²) in [7, 11) is 0. The smallest absolute Gasteiger partial charge is 0.131 e. The molecule has 0 amide bonds. The molecule has 0 saturated heterocycles. The predicted molar refractivity (Wildman–Crippen MR) is 63.6 cm³/mol. The van der Waals surface area contributed by atoms with Gasteiger partial charge in [0.1, 0.15) is 5.82 Å². The van der Waals surface area contributed by atoms with Gasteiger partial charge in [0.2, 0.25) is 0 Å². The molecule has 16 heavy (non-hydrogen) atoms. The lowest BCUT2D eigenvalue weighted by Crippen LogP contribution is -1.72. The summed E-state index contributed by atoms with van der Waals surface area (Å²) in [5.74, 6) is 0.849. The monoisotopic (exact) mass is 210 g/mol. The number of rotatable bonds is 2. The zero-order valence-electron chi connectivity index (χ0n) is 8.51. The molecule has 0 fully saturated rings. The Balaban J connectivity index is 1.95. The highest BCUT2D eigenvalue weighted by Crippen LogP contribution is 2.12. The molecule has 2 N–H and O–H groups in total. The zero-order chi connectivity index (χ0) is 10.8. The molecule has 3 rings (SSSR count). The van der Waals surface area contributed by atoms with Gasteiger partial charge in [0.25, 0.3) is 0 Å². The number of hydrogen-bond donors (Lipinski definition) is 2. The standard InChI is InChI=1S/C12H10N4/c1-2-4-11-10(3-1)15-12(16-11)6-5-9-7-13-14-8-9/h1-8H,(H,13,14)(H,15,16)/b6-5+. The van der Waals surface area contributed by atoms with Crippen LogP contribution in [0.3, 0.4) is 0 Å². The molecule has 0 spiro atoms. The molecule has 3 aromatic rings. The van der Waals surface area contributed by atoms with E-state index in [-0.39, 0.29) is 0 Å². The molecular weight excluding hydrogens is 200 g/mol. The fourth-order valence-corrected chi connectivity index (χ4v) is 1.58. The van der Waals surface area contributed by atoms with Crippen LogP contribution in [0.4, 0.5) is 0 Å². The van der Waals surface area contributed by atoms with Crippen LogP contribution in [-0.4, -0.2) is 20.2 Å². The van der Waals surface area contributed by atoms with E-state index < -0.39 is 0 Å². The van der Waals surface area contributed by atoms with E-state index in [2.05, 4.69) is 20.2 Å². The van der Waals surface area contributed by atoms with Gasteiger partial charge in [-0.2, -0.15) is 5.10 Å². The number of H-pyrrole nitrogens is 2. The number of nitrogens with zero attached hydrogens (tertiary/aromatic N) is 2. The Labute approximate surface area is 92.0 Å². The molecule has 4 nitrogen and oxygen atoms in total. The highest BCUT2D eigenvalue weighted by atomic mass is 15.1. The second-order valence-corrected chi connectivity index (χ2v) is 3.50. The van der Waals surface area contributed by atoms with Crippen molar-refractivity contribution in [1.82, 2.24) is 20.2 Å². The van der Waals surface area contributed by atoms with Crippen LogP contribution in [0.1, 0.15) is 11.4 Å². The molecule has 4 heteroatoms. The van der Waals surface area contributed by atoms with Gasteiger partial charge in [-0.1, -0.05) is 12.1 Å². The molecule has 0 radical (unpaired) electrons. The van der Waals surface area contributed by atoms with Crippen molar-refractivity contribution in [1.29, 1.82) is 0 Å². The van der Waals surface area contributed by atoms with Crippen molar-refractivity contribution in [3.8, 4) is 0 Å². The van der Waals surface area contributed by atoms with Crippen molar-refractivity contribution in [3.63, 3.8) is 0 Å². The Kier molecular flexibility index (Phi) is 2.04. The molecule has 2 heterocycles. The van der Waals surface area contributed by atoms with E-state index in [9.17, 15) is 0 Å². The lowest BCUT2D eigenvalue weighted by atomic mass is 10.3. The zero-order valence-corrected chi connectivity index (χ0v) is 8.51. The number of aromatic nitrogens is 4. The Morgan fingerprint density at radius 3 is 2.88 bits per heavy atom. The van der Waals surface area contributed by atoms with Crippen molar-refractivity contribution < 1.29 is 0 Å². The fourth-order valence-electron chi connectivity index (χ4n) is 1.58. The number of para-hydroxylation sites is 2. The van der Waals surface area contributed by atoms with Gasteiger partial charge in [-0.3, -0.25) is 5.10 Å². The van der Waals surface area contributed by atoms with Crippen LogP contribution in [0.25, 0.3) is 23.2 Å². The number of fused-ring (bicyclic) bond motifs is 1. The Morgan fingerprint density at radius 1 is 1.12 bits per heavy atom. The maximum Gasteiger partial charge on any atom is 0.131 e. The van der Waals surface area contributed by atoms with Crippen molar-refractivity contribution in [2.45, 2.75) is 0 Å². The van der Waals surface area contributed by atoms with Crippen LogP contribution in [-0.2, 0) is 0 Å². The topological polar surface area (TPSA) is 57.4 Å². The van der Waals surface area contributed by atoms with Gasteiger partial charge in [0, 0.05) is 11.8 Å². The second-order valence-electron chi connectivity index (χ2n) is 3.50. The molecule has 0 aliphatic heterocycles. The van der Waals surface area contributed by atoms with Crippen molar-refractivity contribution in [2.24, 2.45) is 0 Å². The summed E-state index contributed by atoms with van der Waals surface area (Å²) in [6.45, 7) is 0. The highest BCUT2D eigenvalue weighted by molar-refractivity contribution is 5.78. The first-order valence-electron chi connectivity index (χ1n) is 5.03. The lowest BCUT2D eigenvalue weighted by molar-refractivity contribution is 1.09. The van der Waals surface area contributed by atoms with E-state index in [0.717, 1.165) is 22.4 Å². The Hall–Kier alpha value is -2.36. The van der Waals surface area contributed by atoms with Gasteiger partial charge in [-0.15, -0.1) is 0 Å². The van der Waals surface area contributed by atoms with Gasteiger partial charge in [-0.05, 0) is 24.3 Å². The highest BCUT2D eigenvalue weighted by Gasteiger charge is 1.97. The number of nitrogens with one attached hydrogen (secondary N) is 2. The molecule has 1 aromatic carbocycles. The van der Waals surface area contributed by atoms with Gasteiger partial charge >= 0.3 is 0 Å². The summed E-state index contributed by atoms with van der Waals surface area (Å²) in [6.07, 6.45) is 7.49. The largest absolute Gasteiger partial charge is 0.338 e. The Bertz CT molecular complexity index is 586. The molecule has 78 valence electrons. The van der Waals surface area contributed by atoms with Gasteiger partial charge in [0.15, 0.2) is 0 Å². The summed E-state index contributed by atoms with van der Waals surface area (Å²) in [6, 6.07) is 7.97.